The van der Waals surface area contributed by atoms with Crippen LogP contribution in [0.1, 0.15) is 9.75 Å². The number of amides is 1. The number of rotatable bonds is 5. The number of anilines is 1. The van der Waals surface area contributed by atoms with E-state index >= 15 is 0 Å². The zero-order valence-corrected chi connectivity index (χ0v) is 13.5. The molecule has 0 fully saturated rings. The van der Waals surface area contributed by atoms with E-state index in [0.717, 1.165) is 11.3 Å². The molecule has 4 nitrogen and oxygen atoms in total. The lowest BCUT2D eigenvalue weighted by molar-refractivity contribution is -0.113. The average molecular weight is 323 g/mol. The van der Waals surface area contributed by atoms with E-state index in [0.29, 0.717) is 10.9 Å². The van der Waals surface area contributed by atoms with Crippen molar-refractivity contribution in [2.75, 3.05) is 16.8 Å². The second kappa shape index (κ2) is 6.88. The van der Waals surface area contributed by atoms with Gasteiger partial charge in [-0.15, -0.1) is 34.4 Å². The Bertz CT molecular complexity index is 654. The maximum absolute atomic E-state index is 11.6. The first-order valence-electron chi connectivity index (χ1n) is 5.87. The number of nitrogens with zero attached hydrogens (tertiary/aromatic N) is 2. The molecule has 0 spiro atoms. The van der Waals surface area contributed by atoms with E-state index in [1.807, 2.05) is 11.4 Å². The highest BCUT2D eigenvalue weighted by atomic mass is 32.2. The highest BCUT2D eigenvalue weighted by molar-refractivity contribution is 8.00. The van der Waals surface area contributed by atoms with E-state index in [9.17, 15) is 4.79 Å². The van der Waals surface area contributed by atoms with Gasteiger partial charge in [-0.05, 0) is 19.9 Å². The predicted molar refractivity (Wildman–Crippen MR) is 86.5 cm³/mol. The van der Waals surface area contributed by atoms with Crippen molar-refractivity contribution in [3.05, 3.63) is 21.2 Å². The number of aryl methyl sites for hydroxylation is 2. The monoisotopic (exact) mass is 323 g/mol. The molecular formula is C13H13N3OS3. The molecule has 0 aliphatic carbocycles. The summed E-state index contributed by atoms with van der Waals surface area (Å²) < 4.78 is 0. The fourth-order valence-corrected chi connectivity index (χ4v) is 3.80. The summed E-state index contributed by atoms with van der Waals surface area (Å²) in [5, 5.41) is 13.7. The quantitative estimate of drug-likeness (QED) is 0.852. The number of thioether (sulfide) groups is 1. The first kappa shape index (κ1) is 15.0. The van der Waals surface area contributed by atoms with Crippen molar-refractivity contribution in [3.63, 3.8) is 0 Å². The number of nitriles is 1. The Labute approximate surface area is 129 Å². The second-order valence-corrected chi connectivity index (χ2v) is 7.37. The third-order valence-corrected chi connectivity index (χ3v) is 4.99. The molecule has 0 bridgehead atoms. The largest absolute Gasteiger partial charge is 0.301 e. The van der Waals surface area contributed by atoms with Gasteiger partial charge < -0.3 is 5.32 Å². The van der Waals surface area contributed by atoms with Gasteiger partial charge in [-0.1, -0.05) is 0 Å². The third-order valence-electron chi connectivity index (χ3n) is 2.47. The molecule has 2 aromatic heterocycles. The van der Waals surface area contributed by atoms with Gasteiger partial charge in [0.25, 0.3) is 0 Å². The van der Waals surface area contributed by atoms with Gasteiger partial charge in [-0.25, -0.2) is 4.98 Å². The van der Waals surface area contributed by atoms with Crippen LogP contribution in [-0.4, -0.2) is 22.4 Å². The Morgan fingerprint density at radius 1 is 1.55 bits per heavy atom. The van der Waals surface area contributed by atoms with Crippen molar-refractivity contribution in [2.45, 2.75) is 13.8 Å². The summed E-state index contributed by atoms with van der Waals surface area (Å²) in [6.45, 7) is 4.14. The van der Waals surface area contributed by atoms with E-state index in [2.05, 4.69) is 30.2 Å². The number of hydrogen-bond acceptors (Lipinski definition) is 6. The minimum Gasteiger partial charge on any atom is -0.301 e. The topological polar surface area (TPSA) is 65.8 Å². The lowest BCUT2D eigenvalue weighted by Crippen LogP contribution is -2.14. The lowest BCUT2D eigenvalue weighted by atomic mass is 10.2. The number of hydrogen-bond donors (Lipinski definition) is 1. The number of carbonyl (C=O) groups excluding carboxylic acids is 1. The van der Waals surface area contributed by atoms with Crippen molar-refractivity contribution in [2.24, 2.45) is 0 Å². The molecule has 104 valence electrons. The number of carbonyl (C=O) groups is 1. The maximum Gasteiger partial charge on any atom is 0.236 e. The molecule has 2 heterocycles. The van der Waals surface area contributed by atoms with Crippen LogP contribution in [0.4, 0.5) is 5.13 Å². The Hall–Kier alpha value is -1.36. The van der Waals surface area contributed by atoms with Crippen LogP contribution in [0.3, 0.4) is 0 Å². The highest BCUT2D eigenvalue weighted by Crippen LogP contribution is 2.32. The Kier molecular flexibility index (Phi) is 5.17. The van der Waals surface area contributed by atoms with Gasteiger partial charge in [0.1, 0.15) is 0 Å². The zero-order chi connectivity index (χ0) is 14.5. The van der Waals surface area contributed by atoms with Crippen molar-refractivity contribution < 1.29 is 4.79 Å². The lowest BCUT2D eigenvalue weighted by Gasteiger charge is -1.99. The molecule has 0 saturated heterocycles. The summed E-state index contributed by atoms with van der Waals surface area (Å²) in [5.41, 5.74) is 2.03. The van der Waals surface area contributed by atoms with E-state index in [1.54, 1.807) is 11.3 Å². The molecule has 1 N–H and O–H groups in total. The van der Waals surface area contributed by atoms with Crippen LogP contribution in [0.15, 0.2) is 11.4 Å². The summed E-state index contributed by atoms with van der Waals surface area (Å²) >= 11 is 4.46. The van der Waals surface area contributed by atoms with Gasteiger partial charge in [0.15, 0.2) is 5.13 Å². The highest BCUT2D eigenvalue weighted by Gasteiger charge is 2.11. The summed E-state index contributed by atoms with van der Waals surface area (Å²) in [6.07, 6.45) is 0. The molecule has 0 saturated carbocycles. The van der Waals surface area contributed by atoms with E-state index in [1.165, 1.54) is 32.9 Å². The SMILES string of the molecule is Cc1cc(-c2csc(NC(=O)CSCC#N)n2)c(C)s1. The minimum absolute atomic E-state index is 0.121. The normalized spacial score (nSPS) is 10.2. The molecular weight excluding hydrogens is 310 g/mol. The van der Waals surface area contributed by atoms with Crippen LogP contribution in [0.2, 0.25) is 0 Å². The van der Waals surface area contributed by atoms with Crippen LogP contribution >= 0.6 is 34.4 Å². The first-order chi connectivity index (χ1) is 9.60. The van der Waals surface area contributed by atoms with Crippen molar-refractivity contribution in [1.29, 1.82) is 5.26 Å². The summed E-state index contributed by atoms with van der Waals surface area (Å²) in [5.74, 6) is 0.479. The van der Waals surface area contributed by atoms with Crippen LogP contribution in [0, 0.1) is 25.2 Å². The summed E-state index contributed by atoms with van der Waals surface area (Å²) in [7, 11) is 0. The average Bonchev–Trinajstić information content (AvgIpc) is 2.96. The molecule has 7 heteroatoms. The number of nitrogens with one attached hydrogen (secondary N) is 1. The Morgan fingerprint density at radius 2 is 2.35 bits per heavy atom. The van der Waals surface area contributed by atoms with Gasteiger partial charge in [0.2, 0.25) is 5.91 Å². The van der Waals surface area contributed by atoms with E-state index in [-0.39, 0.29) is 11.7 Å². The third kappa shape index (κ3) is 3.82. The van der Waals surface area contributed by atoms with Crippen LogP contribution < -0.4 is 5.32 Å². The molecule has 0 radical (unpaired) electrons. The molecule has 0 atom stereocenters. The van der Waals surface area contributed by atoms with E-state index in [4.69, 9.17) is 5.26 Å². The van der Waals surface area contributed by atoms with Gasteiger partial charge in [-0.3, -0.25) is 4.79 Å². The molecule has 0 aliphatic rings. The second-order valence-electron chi connectivity index (χ2n) is 4.06. The van der Waals surface area contributed by atoms with E-state index < -0.39 is 0 Å². The van der Waals surface area contributed by atoms with Crippen molar-refractivity contribution in [1.82, 2.24) is 4.98 Å². The number of thiazole rings is 1. The summed E-state index contributed by atoms with van der Waals surface area (Å²) in [6, 6.07) is 4.11. The smallest absolute Gasteiger partial charge is 0.236 e. The van der Waals surface area contributed by atoms with Gasteiger partial charge in [-0.2, -0.15) is 5.26 Å². The minimum atomic E-state index is -0.121. The maximum atomic E-state index is 11.6. The Balaban J connectivity index is 2.01. The van der Waals surface area contributed by atoms with Gasteiger partial charge in [0.05, 0.1) is 23.3 Å². The molecule has 2 rings (SSSR count). The van der Waals surface area contributed by atoms with Crippen LogP contribution in [-0.2, 0) is 4.79 Å². The zero-order valence-electron chi connectivity index (χ0n) is 11.1. The molecule has 0 aliphatic heterocycles. The number of aromatic nitrogens is 1. The van der Waals surface area contributed by atoms with Gasteiger partial charge >= 0.3 is 0 Å². The fourth-order valence-electron chi connectivity index (χ4n) is 1.68. The van der Waals surface area contributed by atoms with Crippen LogP contribution in [0.25, 0.3) is 11.3 Å². The standard InChI is InChI=1S/C13H13N3OS3/c1-8-5-10(9(2)20-8)11-6-19-13(15-11)16-12(17)7-18-4-3-14/h5-6H,4,7H2,1-2H3,(H,15,16,17). The molecule has 2 aromatic rings. The molecule has 0 unspecified atom stereocenters. The van der Waals surface area contributed by atoms with Crippen LogP contribution in [0.5, 0.6) is 0 Å². The van der Waals surface area contributed by atoms with Crippen molar-refractivity contribution in [3.8, 4) is 17.3 Å². The fraction of sp³-hybridized carbons (Fsp3) is 0.308. The number of thiophene rings is 1. The summed E-state index contributed by atoms with van der Waals surface area (Å²) in [4.78, 5) is 18.6. The Morgan fingerprint density at radius 3 is 3.00 bits per heavy atom. The molecule has 0 aromatic carbocycles. The molecule has 1 amide bonds. The predicted octanol–water partition coefficient (Wildman–Crippen LogP) is 3.68. The van der Waals surface area contributed by atoms with Gasteiger partial charge in [0, 0.05) is 20.7 Å². The first-order valence-corrected chi connectivity index (χ1v) is 8.72. The van der Waals surface area contributed by atoms with Crippen molar-refractivity contribution >= 4 is 45.5 Å². The molecule has 20 heavy (non-hydrogen) atoms.